The fraction of sp³-hybridized carbons (Fsp3) is 0.370. The molecule has 0 amide bonds. The molecule has 4 aromatic heterocycles. The highest BCUT2D eigenvalue weighted by atomic mass is 19.1. The van der Waals surface area contributed by atoms with E-state index in [1.54, 1.807) is 24.5 Å². The molecule has 1 aliphatic rings. The van der Waals surface area contributed by atoms with Crippen molar-refractivity contribution in [2.45, 2.75) is 38.3 Å². The van der Waals surface area contributed by atoms with Gasteiger partial charge in [0.25, 0.3) is 0 Å². The zero-order chi connectivity index (χ0) is 26.8. The molecule has 1 fully saturated rings. The number of unbranched alkanes of at least 4 members (excludes halogenated alkanes) is 1. The van der Waals surface area contributed by atoms with Crippen molar-refractivity contribution in [3.63, 3.8) is 0 Å². The van der Waals surface area contributed by atoms with Crippen LogP contribution < -0.4 is 10.2 Å². The summed E-state index contributed by atoms with van der Waals surface area (Å²) in [5.74, 6) is -0.264. The van der Waals surface area contributed by atoms with Crippen molar-refractivity contribution >= 4 is 28.4 Å². The predicted octanol–water partition coefficient (Wildman–Crippen LogP) is 3.96. The maximum atomic E-state index is 14.2. The van der Waals surface area contributed by atoms with E-state index in [1.807, 2.05) is 25.2 Å². The largest absolute Gasteiger partial charge is 0.390 e. The second kappa shape index (κ2) is 10.9. The number of aliphatic hydroxyl groups excluding tert-OH is 1. The highest BCUT2D eigenvalue weighted by Crippen LogP contribution is 2.33. The number of β-amino-alcohol motifs (C(OH)–C–C–N with tert-alkyl or cyclic N) is 1. The van der Waals surface area contributed by atoms with Crippen molar-refractivity contribution in [2.24, 2.45) is 0 Å². The number of anilines is 3. The van der Waals surface area contributed by atoms with Crippen LogP contribution in [0, 0.1) is 11.6 Å². The van der Waals surface area contributed by atoms with Gasteiger partial charge in [0.15, 0.2) is 17.5 Å². The molecule has 9 nitrogen and oxygen atoms in total. The van der Waals surface area contributed by atoms with Crippen LogP contribution in [0.4, 0.5) is 26.2 Å². The third-order valence-electron chi connectivity index (χ3n) is 6.81. The highest BCUT2D eigenvalue weighted by molar-refractivity contribution is 5.93. The Bertz CT molecular complexity index is 1450. The van der Waals surface area contributed by atoms with E-state index in [9.17, 15) is 13.9 Å². The van der Waals surface area contributed by atoms with E-state index in [1.165, 1.54) is 0 Å². The number of likely N-dealkylation sites (N-methyl/N-ethyl adjacent to an activating group) is 2. The van der Waals surface area contributed by atoms with Gasteiger partial charge in [0, 0.05) is 49.5 Å². The van der Waals surface area contributed by atoms with E-state index in [2.05, 4.69) is 32.1 Å². The second-order valence-corrected chi connectivity index (χ2v) is 9.67. The number of aryl methyl sites for hydroxylation is 1. The minimum Gasteiger partial charge on any atom is -0.390 e. The molecule has 0 aromatic carbocycles. The van der Waals surface area contributed by atoms with Crippen molar-refractivity contribution in [1.29, 1.82) is 0 Å². The third kappa shape index (κ3) is 5.25. The molecule has 1 saturated heterocycles. The van der Waals surface area contributed by atoms with Crippen LogP contribution >= 0.6 is 0 Å². The van der Waals surface area contributed by atoms with Crippen LogP contribution in [-0.4, -0.2) is 74.3 Å². The number of halogens is 2. The van der Waals surface area contributed by atoms with Crippen molar-refractivity contribution in [3.8, 4) is 11.4 Å². The first-order valence-electron chi connectivity index (χ1n) is 12.6. The molecule has 5 rings (SSSR count). The summed E-state index contributed by atoms with van der Waals surface area (Å²) in [6.07, 6.45) is 8.46. The number of nitrogens with zero attached hydrogens (tertiary/aromatic N) is 7. The van der Waals surface area contributed by atoms with Gasteiger partial charge in [-0.2, -0.15) is 0 Å². The number of aromatic nitrogens is 5. The Morgan fingerprint density at radius 3 is 2.71 bits per heavy atom. The summed E-state index contributed by atoms with van der Waals surface area (Å²) in [7, 11) is 3.94. The van der Waals surface area contributed by atoms with Gasteiger partial charge in [0.1, 0.15) is 17.5 Å². The summed E-state index contributed by atoms with van der Waals surface area (Å²) < 4.78 is 27.4. The van der Waals surface area contributed by atoms with Gasteiger partial charge in [0.2, 0.25) is 0 Å². The lowest BCUT2D eigenvalue weighted by molar-refractivity contribution is 0.167. The molecular weight excluding hydrogens is 490 g/mol. The first kappa shape index (κ1) is 25.8. The molecule has 0 spiro atoms. The number of fused-ring (bicyclic) bond motifs is 1. The minimum atomic E-state index is -0.825. The Morgan fingerprint density at radius 2 is 1.97 bits per heavy atom. The lowest BCUT2D eigenvalue weighted by Crippen LogP contribution is -2.41. The molecule has 0 bridgehead atoms. The van der Waals surface area contributed by atoms with Crippen molar-refractivity contribution in [1.82, 2.24) is 29.8 Å². The van der Waals surface area contributed by atoms with Crippen LogP contribution in [0.25, 0.3) is 22.3 Å². The number of hydrogen-bond donors (Lipinski definition) is 2. The molecule has 198 valence electrons. The Kier molecular flexibility index (Phi) is 7.39. The maximum Gasteiger partial charge on any atom is 0.168 e. The summed E-state index contributed by atoms with van der Waals surface area (Å²) in [5, 5.41) is 14.5. The number of rotatable bonds is 8. The quantitative estimate of drug-likeness (QED) is 0.357. The summed E-state index contributed by atoms with van der Waals surface area (Å²) in [5.41, 5.74) is 2.40. The van der Waals surface area contributed by atoms with E-state index in [0.717, 1.165) is 48.3 Å². The molecule has 0 radical (unpaired) electrons. The lowest BCUT2D eigenvalue weighted by atomic mass is 10.0. The lowest BCUT2D eigenvalue weighted by Gasteiger charge is -2.29. The average Bonchev–Trinajstić information content (AvgIpc) is 3.25. The molecule has 2 N–H and O–H groups in total. The Balaban J connectivity index is 1.59. The molecule has 0 saturated carbocycles. The molecular formula is C27H30F2N8O. The Morgan fingerprint density at radius 1 is 1.13 bits per heavy atom. The summed E-state index contributed by atoms with van der Waals surface area (Å²) >= 11 is 0. The molecule has 1 aliphatic heterocycles. The summed E-state index contributed by atoms with van der Waals surface area (Å²) in [6.45, 7) is 3.43. The summed E-state index contributed by atoms with van der Waals surface area (Å²) in [4.78, 5) is 26.4. The van der Waals surface area contributed by atoms with Crippen LogP contribution in [0.15, 0.2) is 43.0 Å². The zero-order valence-corrected chi connectivity index (χ0v) is 21.6. The number of likely N-dealkylation sites (tertiary alicyclic amines) is 1. The average molecular weight is 521 g/mol. The predicted molar refractivity (Wildman–Crippen MR) is 142 cm³/mol. The van der Waals surface area contributed by atoms with Crippen LogP contribution in [0.3, 0.4) is 0 Å². The fourth-order valence-corrected chi connectivity index (χ4v) is 4.83. The third-order valence-corrected chi connectivity index (χ3v) is 6.81. The molecule has 4 aromatic rings. The van der Waals surface area contributed by atoms with Crippen molar-refractivity contribution < 1.29 is 13.9 Å². The molecule has 0 aliphatic carbocycles. The van der Waals surface area contributed by atoms with Crippen LogP contribution in [-0.2, 0) is 6.42 Å². The Hall–Kier alpha value is -3.83. The van der Waals surface area contributed by atoms with Gasteiger partial charge in [-0.25, -0.2) is 28.7 Å². The van der Waals surface area contributed by atoms with E-state index >= 15 is 0 Å². The van der Waals surface area contributed by atoms with Crippen LogP contribution in [0.2, 0.25) is 0 Å². The topological polar surface area (TPSA) is 103 Å². The van der Waals surface area contributed by atoms with Crippen LogP contribution in [0.5, 0.6) is 0 Å². The standard InChI is InChI=1S/C27H30F2N8O/c1-4-5-6-17-11-30-13-20-24(17)27(37(3)21-14-36(2)15-22(21)38)35-25(33-20)16-7-8-31-23(9-16)34-26-19(29)10-18(28)12-32-26/h7-13,21-22,38H,4-6,14-15H2,1-3H3,(H,31,32,34)/t21-,22-/m1/s1. The van der Waals surface area contributed by atoms with Gasteiger partial charge >= 0.3 is 0 Å². The molecule has 0 unspecified atom stereocenters. The SMILES string of the molecule is CCCCc1cncc2nc(-c3ccnc(Nc4ncc(F)cc4F)c3)nc(N(C)[C@@H]3CN(C)C[C@H]3O)c12. The molecule has 11 heteroatoms. The number of aliphatic hydroxyl groups is 1. The van der Waals surface area contributed by atoms with Gasteiger partial charge in [-0.3, -0.25) is 4.98 Å². The smallest absolute Gasteiger partial charge is 0.168 e. The monoisotopic (exact) mass is 520 g/mol. The van der Waals surface area contributed by atoms with Crippen molar-refractivity contribution in [3.05, 3.63) is 60.2 Å². The molecule has 2 atom stereocenters. The number of hydrogen-bond acceptors (Lipinski definition) is 9. The van der Waals surface area contributed by atoms with Gasteiger partial charge in [-0.05, 0) is 37.6 Å². The Labute approximate surface area is 219 Å². The van der Waals surface area contributed by atoms with Crippen molar-refractivity contribution in [2.75, 3.05) is 37.4 Å². The minimum absolute atomic E-state index is 0.139. The maximum absolute atomic E-state index is 14.2. The van der Waals surface area contributed by atoms with Gasteiger partial charge in [-0.15, -0.1) is 0 Å². The summed E-state index contributed by atoms with van der Waals surface area (Å²) in [6, 6.07) is 4.06. The number of nitrogens with one attached hydrogen (secondary N) is 1. The van der Waals surface area contributed by atoms with Gasteiger partial charge in [-0.1, -0.05) is 13.3 Å². The zero-order valence-electron chi connectivity index (χ0n) is 21.6. The van der Waals surface area contributed by atoms with Gasteiger partial charge < -0.3 is 20.2 Å². The van der Waals surface area contributed by atoms with E-state index in [0.29, 0.717) is 35.8 Å². The molecule has 5 heterocycles. The normalized spacial score (nSPS) is 17.7. The second-order valence-electron chi connectivity index (χ2n) is 9.67. The molecule has 38 heavy (non-hydrogen) atoms. The fourth-order valence-electron chi connectivity index (χ4n) is 4.83. The first-order chi connectivity index (χ1) is 18.3. The number of pyridine rings is 3. The van der Waals surface area contributed by atoms with E-state index in [4.69, 9.17) is 9.97 Å². The van der Waals surface area contributed by atoms with Gasteiger partial charge in [0.05, 0.1) is 30.1 Å². The highest BCUT2D eigenvalue weighted by Gasteiger charge is 2.34. The first-order valence-corrected chi connectivity index (χ1v) is 12.6. The van der Waals surface area contributed by atoms with E-state index in [-0.39, 0.29) is 11.9 Å². The van der Waals surface area contributed by atoms with Crippen LogP contribution in [0.1, 0.15) is 25.3 Å². The van der Waals surface area contributed by atoms with E-state index < -0.39 is 17.7 Å².